The molecule has 0 aromatic heterocycles. The number of halogens is 1. The van der Waals surface area contributed by atoms with Gasteiger partial charge in [0.2, 0.25) is 0 Å². The van der Waals surface area contributed by atoms with Gasteiger partial charge in [0.1, 0.15) is 0 Å². The summed E-state index contributed by atoms with van der Waals surface area (Å²) in [6.45, 7) is 1.64. The number of carbonyl (C=O) groups excluding carboxylic acids is 1. The van der Waals surface area contributed by atoms with Crippen molar-refractivity contribution in [2.45, 2.75) is 24.2 Å². The third kappa shape index (κ3) is 3.65. The quantitative estimate of drug-likeness (QED) is 0.843. The van der Waals surface area contributed by atoms with Crippen molar-refractivity contribution in [2.75, 3.05) is 19.7 Å². The van der Waals surface area contributed by atoms with E-state index in [0.717, 1.165) is 30.7 Å². The molecule has 3 nitrogen and oxygen atoms in total. The van der Waals surface area contributed by atoms with Crippen LogP contribution in [0.2, 0.25) is 5.02 Å². The fourth-order valence-electron chi connectivity index (χ4n) is 2.52. The third-order valence-corrected chi connectivity index (χ3v) is 4.13. The number of thiol groups is 1. The van der Waals surface area contributed by atoms with Gasteiger partial charge < -0.3 is 10.0 Å². The second-order valence-electron chi connectivity index (χ2n) is 4.94. The average molecular weight is 300 g/mol. The monoisotopic (exact) mass is 299 g/mol. The topological polar surface area (TPSA) is 40.5 Å². The van der Waals surface area contributed by atoms with Crippen molar-refractivity contribution in [1.29, 1.82) is 0 Å². The van der Waals surface area contributed by atoms with Gasteiger partial charge in [0.25, 0.3) is 5.91 Å². The first kappa shape index (κ1) is 14.7. The number of aliphatic hydroxyl groups excluding tert-OH is 1. The standard InChI is InChI=1S/C14H18ClNO2S/c15-13-4-3-11(19)8-12(13)14(18)16-6-1-2-10(9-16)5-7-17/h3-4,8,10,17,19H,1-2,5-7,9H2. The Morgan fingerprint density at radius 3 is 3.05 bits per heavy atom. The molecule has 1 aromatic carbocycles. The molecule has 0 aliphatic carbocycles. The molecule has 0 radical (unpaired) electrons. The van der Waals surface area contributed by atoms with Gasteiger partial charge >= 0.3 is 0 Å². The maximum absolute atomic E-state index is 12.5. The van der Waals surface area contributed by atoms with E-state index >= 15 is 0 Å². The SMILES string of the molecule is O=C(c1cc(S)ccc1Cl)N1CCCC(CCO)C1. The van der Waals surface area contributed by atoms with Crippen LogP contribution in [0.3, 0.4) is 0 Å². The molecule has 1 aromatic rings. The first-order valence-electron chi connectivity index (χ1n) is 6.50. The van der Waals surface area contributed by atoms with E-state index in [1.54, 1.807) is 18.2 Å². The highest BCUT2D eigenvalue weighted by atomic mass is 35.5. The van der Waals surface area contributed by atoms with E-state index in [9.17, 15) is 4.79 Å². The molecule has 0 saturated carbocycles. The fourth-order valence-corrected chi connectivity index (χ4v) is 2.92. The Labute approximate surface area is 124 Å². The highest BCUT2D eigenvalue weighted by molar-refractivity contribution is 7.80. The summed E-state index contributed by atoms with van der Waals surface area (Å²) in [6, 6.07) is 5.18. The van der Waals surface area contributed by atoms with Gasteiger partial charge in [0.05, 0.1) is 10.6 Å². The summed E-state index contributed by atoms with van der Waals surface area (Å²) in [7, 11) is 0. The van der Waals surface area contributed by atoms with Crippen LogP contribution in [0, 0.1) is 5.92 Å². The Bertz CT molecular complexity index is 465. The van der Waals surface area contributed by atoms with Gasteiger partial charge in [0.15, 0.2) is 0 Å². The Hall–Kier alpha value is -0.710. The summed E-state index contributed by atoms with van der Waals surface area (Å²) in [6.07, 6.45) is 2.81. The summed E-state index contributed by atoms with van der Waals surface area (Å²) in [5, 5.41) is 9.47. The van der Waals surface area contributed by atoms with E-state index in [1.807, 2.05) is 4.90 Å². The smallest absolute Gasteiger partial charge is 0.255 e. The van der Waals surface area contributed by atoms with E-state index < -0.39 is 0 Å². The van der Waals surface area contributed by atoms with Crippen molar-refractivity contribution >= 4 is 30.1 Å². The van der Waals surface area contributed by atoms with Crippen LogP contribution in [-0.4, -0.2) is 35.6 Å². The van der Waals surface area contributed by atoms with Crippen molar-refractivity contribution in [3.8, 4) is 0 Å². The van der Waals surface area contributed by atoms with Crippen molar-refractivity contribution in [3.63, 3.8) is 0 Å². The molecule has 19 heavy (non-hydrogen) atoms. The van der Waals surface area contributed by atoms with Crippen molar-refractivity contribution < 1.29 is 9.90 Å². The summed E-state index contributed by atoms with van der Waals surface area (Å²) >= 11 is 10.3. The zero-order chi connectivity index (χ0) is 13.8. The molecule has 1 aliphatic rings. The number of hydrogen-bond acceptors (Lipinski definition) is 3. The van der Waals surface area contributed by atoms with Gasteiger partial charge in [-0.3, -0.25) is 4.79 Å². The molecule has 1 unspecified atom stereocenters. The van der Waals surface area contributed by atoms with Gasteiger partial charge in [-0.25, -0.2) is 0 Å². The lowest BCUT2D eigenvalue weighted by molar-refractivity contribution is 0.0653. The van der Waals surface area contributed by atoms with E-state index in [1.165, 1.54) is 0 Å². The van der Waals surface area contributed by atoms with Crippen LogP contribution in [0.15, 0.2) is 23.1 Å². The lowest BCUT2D eigenvalue weighted by atomic mass is 9.94. The van der Waals surface area contributed by atoms with Crippen LogP contribution in [0.1, 0.15) is 29.6 Å². The Morgan fingerprint density at radius 2 is 2.32 bits per heavy atom. The van der Waals surface area contributed by atoms with Gasteiger partial charge in [-0.15, -0.1) is 12.6 Å². The largest absolute Gasteiger partial charge is 0.396 e. The van der Waals surface area contributed by atoms with Crippen molar-refractivity contribution in [2.24, 2.45) is 5.92 Å². The molecule has 5 heteroatoms. The number of benzene rings is 1. The number of piperidine rings is 1. The average Bonchev–Trinajstić information content (AvgIpc) is 2.41. The molecule has 1 N–H and O–H groups in total. The van der Waals surface area contributed by atoms with Crippen LogP contribution in [0.5, 0.6) is 0 Å². The number of likely N-dealkylation sites (tertiary alicyclic amines) is 1. The van der Waals surface area contributed by atoms with Crippen LogP contribution < -0.4 is 0 Å². The number of rotatable bonds is 3. The molecule has 1 saturated heterocycles. The van der Waals surface area contributed by atoms with Gasteiger partial charge in [-0.05, 0) is 43.4 Å². The molecular weight excluding hydrogens is 282 g/mol. The highest BCUT2D eigenvalue weighted by Crippen LogP contribution is 2.25. The van der Waals surface area contributed by atoms with Crippen LogP contribution in [0.25, 0.3) is 0 Å². The van der Waals surface area contributed by atoms with E-state index in [0.29, 0.717) is 23.0 Å². The molecule has 0 bridgehead atoms. The normalized spacial score (nSPS) is 19.5. The summed E-state index contributed by atoms with van der Waals surface area (Å²) in [5.41, 5.74) is 0.513. The molecule has 0 spiro atoms. The second kappa shape index (κ2) is 6.64. The Kier molecular flexibility index (Phi) is 5.13. The van der Waals surface area contributed by atoms with Crippen molar-refractivity contribution in [1.82, 2.24) is 4.90 Å². The van der Waals surface area contributed by atoms with Gasteiger partial charge in [-0.2, -0.15) is 0 Å². The molecule has 1 atom stereocenters. The maximum atomic E-state index is 12.5. The van der Waals surface area contributed by atoms with Crippen LogP contribution in [-0.2, 0) is 0 Å². The summed E-state index contributed by atoms with van der Waals surface area (Å²) < 4.78 is 0. The maximum Gasteiger partial charge on any atom is 0.255 e. The summed E-state index contributed by atoms with van der Waals surface area (Å²) in [4.78, 5) is 15.0. The fraction of sp³-hybridized carbons (Fsp3) is 0.500. The number of amides is 1. The number of aliphatic hydroxyl groups is 1. The predicted molar refractivity (Wildman–Crippen MR) is 79.0 cm³/mol. The second-order valence-corrected chi connectivity index (χ2v) is 5.86. The zero-order valence-corrected chi connectivity index (χ0v) is 12.3. The summed E-state index contributed by atoms with van der Waals surface area (Å²) in [5.74, 6) is 0.351. The van der Waals surface area contributed by atoms with E-state index in [-0.39, 0.29) is 12.5 Å². The lowest BCUT2D eigenvalue weighted by Gasteiger charge is -2.32. The minimum absolute atomic E-state index is 0.0384. The lowest BCUT2D eigenvalue weighted by Crippen LogP contribution is -2.40. The number of carbonyl (C=O) groups is 1. The minimum atomic E-state index is -0.0384. The van der Waals surface area contributed by atoms with E-state index in [2.05, 4.69) is 12.6 Å². The molecule has 1 amide bonds. The number of nitrogens with zero attached hydrogens (tertiary/aromatic N) is 1. The number of hydrogen-bond donors (Lipinski definition) is 2. The Morgan fingerprint density at radius 1 is 1.53 bits per heavy atom. The van der Waals surface area contributed by atoms with Crippen LogP contribution in [0.4, 0.5) is 0 Å². The first-order valence-corrected chi connectivity index (χ1v) is 7.33. The first-order chi connectivity index (χ1) is 9.11. The molecule has 1 fully saturated rings. The van der Waals surface area contributed by atoms with Gasteiger partial charge in [0, 0.05) is 24.6 Å². The molecule has 104 valence electrons. The minimum Gasteiger partial charge on any atom is -0.396 e. The highest BCUT2D eigenvalue weighted by Gasteiger charge is 2.25. The molecule has 2 rings (SSSR count). The van der Waals surface area contributed by atoms with Gasteiger partial charge in [-0.1, -0.05) is 11.6 Å². The Balaban J connectivity index is 2.12. The molecule has 1 heterocycles. The van der Waals surface area contributed by atoms with E-state index in [4.69, 9.17) is 16.7 Å². The van der Waals surface area contributed by atoms with Crippen molar-refractivity contribution in [3.05, 3.63) is 28.8 Å². The predicted octanol–water partition coefficient (Wildman–Crippen LogP) is 2.86. The molecular formula is C14H18ClNO2S. The zero-order valence-electron chi connectivity index (χ0n) is 10.7. The van der Waals surface area contributed by atoms with Crippen LogP contribution >= 0.6 is 24.2 Å². The molecule has 1 aliphatic heterocycles. The third-order valence-electron chi connectivity index (χ3n) is 3.52.